The molecule has 0 amide bonds. The summed E-state index contributed by atoms with van der Waals surface area (Å²) in [6, 6.07) is 4.57. The number of halogens is 2. The average molecular weight is 363 g/mol. The molecule has 3 aromatic rings. The first kappa shape index (κ1) is 16.2. The summed E-state index contributed by atoms with van der Waals surface area (Å²) in [5, 5.41) is 11.8. The Morgan fingerprint density at radius 1 is 1.36 bits per heavy atom. The molecule has 1 saturated heterocycles. The summed E-state index contributed by atoms with van der Waals surface area (Å²) in [6.07, 6.45) is 3.71. The van der Waals surface area contributed by atoms with Gasteiger partial charge in [0, 0.05) is 23.7 Å². The lowest BCUT2D eigenvalue weighted by Crippen LogP contribution is -2.19. The molecule has 0 aliphatic carbocycles. The van der Waals surface area contributed by atoms with Crippen molar-refractivity contribution in [1.82, 2.24) is 25.0 Å². The van der Waals surface area contributed by atoms with E-state index in [0.717, 1.165) is 19.4 Å². The topological polar surface area (TPSA) is 77.8 Å². The van der Waals surface area contributed by atoms with Crippen LogP contribution in [0.4, 0.5) is 10.2 Å². The molecule has 9 heteroatoms. The molecular formula is C16H16ClFN6O. The van der Waals surface area contributed by atoms with Crippen molar-refractivity contribution in [3.63, 3.8) is 0 Å². The highest BCUT2D eigenvalue weighted by Crippen LogP contribution is 2.23. The van der Waals surface area contributed by atoms with Crippen LogP contribution >= 0.6 is 11.6 Å². The van der Waals surface area contributed by atoms with Gasteiger partial charge < -0.3 is 10.1 Å². The fraction of sp³-hybridized carbons (Fsp3) is 0.375. The molecular weight excluding hydrogens is 347 g/mol. The quantitative estimate of drug-likeness (QED) is 0.751. The van der Waals surface area contributed by atoms with Crippen molar-refractivity contribution in [1.29, 1.82) is 0 Å². The number of nitrogens with one attached hydrogen (secondary N) is 1. The molecule has 1 aliphatic heterocycles. The van der Waals surface area contributed by atoms with Crippen molar-refractivity contribution in [3.05, 3.63) is 40.9 Å². The minimum absolute atomic E-state index is 0.143. The molecule has 130 valence electrons. The highest BCUT2D eigenvalue weighted by Gasteiger charge is 2.18. The van der Waals surface area contributed by atoms with Crippen molar-refractivity contribution < 1.29 is 9.13 Å². The zero-order chi connectivity index (χ0) is 17.2. The third-order valence-corrected chi connectivity index (χ3v) is 4.54. The maximum absolute atomic E-state index is 14.0. The van der Waals surface area contributed by atoms with Gasteiger partial charge in [0.05, 0.1) is 12.6 Å². The van der Waals surface area contributed by atoms with Crippen LogP contribution in [0.25, 0.3) is 11.2 Å². The Balaban J connectivity index is 1.60. The molecule has 3 heterocycles. The van der Waals surface area contributed by atoms with Gasteiger partial charge >= 0.3 is 0 Å². The van der Waals surface area contributed by atoms with Crippen LogP contribution in [0.5, 0.6) is 0 Å². The summed E-state index contributed by atoms with van der Waals surface area (Å²) in [4.78, 5) is 8.46. The fourth-order valence-electron chi connectivity index (χ4n) is 2.88. The minimum Gasteiger partial charge on any atom is -0.376 e. The predicted octanol–water partition coefficient (Wildman–Crippen LogP) is 2.65. The third-order valence-electron chi connectivity index (χ3n) is 4.19. The van der Waals surface area contributed by atoms with E-state index in [0.29, 0.717) is 34.1 Å². The second-order valence-corrected chi connectivity index (χ2v) is 6.26. The van der Waals surface area contributed by atoms with Gasteiger partial charge in [-0.15, -0.1) is 5.10 Å². The molecule has 0 bridgehead atoms. The molecule has 0 radical (unpaired) electrons. The van der Waals surface area contributed by atoms with E-state index in [9.17, 15) is 4.39 Å². The molecule has 1 atom stereocenters. The highest BCUT2D eigenvalue weighted by atomic mass is 35.5. The highest BCUT2D eigenvalue weighted by molar-refractivity contribution is 6.31. The van der Waals surface area contributed by atoms with Gasteiger partial charge in [0.1, 0.15) is 12.1 Å². The van der Waals surface area contributed by atoms with Gasteiger partial charge in [0.25, 0.3) is 0 Å². The van der Waals surface area contributed by atoms with Gasteiger partial charge in [-0.3, -0.25) is 0 Å². The molecule has 0 spiro atoms. The molecule has 7 nitrogen and oxygen atoms in total. The van der Waals surface area contributed by atoms with E-state index in [1.54, 1.807) is 12.1 Å². The fourth-order valence-corrected chi connectivity index (χ4v) is 3.10. The van der Waals surface area contributed by atoms with Crippen LogP contribution in [0.1, 0.15) is 18.4 Å². The smallest absolute Gasteiger partial charge is 0.184 e. The first-order chi connectivity index (χ1) is 12.2. The lowest BCUT2D eigenvalue weighted by Gasteiger charge is -2.11. The van der Waals surface area contributed by atoms with E-state index in [2.05, 4.69) is 25.6 Å². The number of anilines is 1. The monoisotopic (exact) mass is 362 g/mol. The molecule has 1 aliphatic rings. The van der Waals surface area contributed by atoms with Crippen LogP contribution in [0.3, 0.4) is 0 Å². The Bertz CT molecular complexity index is 875. The molecule has 2 aromatic heterocycles. The molecule has 25 heavy (non-hydrogen) atoms. The predicted molar refractivity (Wildman–Crippen MR) is 91.1 cm³/mol. The maximum atomic E-state index is 14.0. The summed E-state index contributed by atoms with van der Waals surface area (Å²) in [7, 11) is 0. The number of benzene rings is 1. The number of aromatic nitrogens is 5. The standard InChI is InChI=1S/C16H16ClFN6O/c17-12-4-1-5-13(18)11(12)8-24-16-14(22-23-24)15(20-9-21-16)19-7-10-3-2-6-25-10/h1,4-5,9-10H,2-3,6-8H2,(H,19,20,21)/t10-/m1/s1. The van der Waals surface area contributed by atoms with Crippen LogP contribution in [0, 0.1) is 5.82 Å². The molecule has 4 rings (SSSR count). The zero-order valence-corrected chi connectivity index (χ0v) is 14.1. The maximum Gasteiger partial charge on any atom is 0.184 e. The number of hydrogen-bond acceptors (Lipinski definition) is 6. The van der Waals surface area contributed by atoms with Gasteiger partial charge in [-0.1, -0.05) is 22.9 Å². The number of nitrogens with zero attached hydrogens (tertiary/aromatic N) is 5. The first-order valence-electron chi connectivity index (χ1n) is 8.05. The van der Waals surface area contributed by atoms with Crippen molar-refractivity contribution in [2.45, 2.75) is 25.5 Å². The third kappa shape index (κ3) is 3.27. The van der Waals surface area contributed by atoms with Crippen LogP contribution in [-0.2, 0) is 11.3 Å². The lowest BCUT2D eigenvalue weighted by atomic mass is 10.2. The van der Waals surface area contributed by atoms with E-state index < -0.39 is 0 Å². The van der Waals surface area contributed by atoms with Crippen LogP contribution < -0.4 is 5.32 Å². The van der Waals surface area contributed by atoms with E-state index in [4.69, 9.17) is 16.3 Å². The number of rotatable bonds is 5. The molecule has 1 aromatic carbocycles. The van der Waals surface area contributed by atoms with Crippen LogP contribution in [0.15, 0.2) is 24.5 Å². The van der Waals surface area contributed by atoms with Crippen LogP contribution in [-0.4, -0.2) is 44.2 Å². The molecule has 0 unspecified atom stereocenters. The largest absolute Gasteiger partial charge is 0.376 e. The van der Waals surface area contributed by atoms with E-state index in [1.807, 2.05) is 0 Å². The number of fused-ring (bicyclic) bond motifs is 1. The zero-order valence-electron chi connectivity index (χ0n) is 13.3. The number of hydrogen-bond donors (Lipinski definition) is 1. The lowest BCUT2D eigenvalue weighted by molar-refractivity contribution is 0.120. The Kier molecular flexibility index (Phi) is 4.46. The van der Waals surface area contributed by atoms with Crippen molar-refractivity contribution >= 4 is 28.6 Å². The first-order valence-corrected chi connectivity index (χ1v) is 8.42. The molecule has 0 saturated carbocycles. The van der Waals surface area contributed by atoms with E-state index >= 15 is 0 Å². The molecule has 1 N–H and O–H groups in total. The summed E-state index contributed by atoms with van der Waals surface area (Å²) in [5.41, 5.74) is 1.40. The van der Waals surface area contributed by atoms with Crippen molar-refractivity contribution in [3.8, 4) is 0 Å². The van der Waals surface area contributed by atoms with Crippen LogP contribution in [0.2, 0.25) is 5.02 Å². The normalized spacial score (nSPS) is 17.3. The van der Waals surface area contributed by atoms with Gasteiger partial charge in [-0.2, -0.15) is 0 Å². The van der Waals surface area contributed by atoms with Gasteiger partial charge in [-0.05, 0) is 25.0 Å². The van der Waals surface area contributed by atoms with E-state index in [-0.39, 0.29) is 18.5 Å². The average Bonchev–Trinajstić information content (AvgIpc) is 3.26. The second-order valence-electron chi connectivity index (χ2n) is 5.86. The summed E-state index contributed by atoms with van der Waals surface area (Å²) >= 11 is 6.09. The summed E-state index contributed by atoms with van der Waals surface area (Å²) in [6.45, 7) is 1.59. The van der Waals surface area contributed by atoms with Gasteiger partial charge in [0.2, 0.25) is 0 Å². The van der Waals surface area contributed by atoms with Crippen molar-refractivity contribution in [2.75, 3.05) is 18.5 Å². The van der Waals surface area contributed by atoms with Crippen molar-refractivity contribution in [2.24, 2.45) is 0 Å². The minimum atomic E-state index is -0.387. The SMILES string of the molecule is Fc1cccc(Cl)c1Cn1nnc2c(NC[C@H]3CCCO3)ncnc21. The Labute approximate surface area is 148 Å². The van der Waals surface area contributed by atoms with Gasteiger partial charge in [0.15, 0.2) is 17.0 Å². The Morgan fingerprint density at radius 2 is 2.28 bits per heavy atom. The van der Waals surface area contributed by atoms with E-state index in [1.165, 1.54) is 17.1 Å². The molecule has 1 fully saturated rings. The summed E-state index contributed by atoms with van der Waals surface area (Å²) < 4.78 is 21.1. The summed E-state index contributed by atoms with van der Waals surface area (Å²) in [5.74, 6) is 0.202. The van der Waals surface area contributed by atoms with Gasteiger partial charge in [-0.25, -0.2) is 19.0 Å². The Morgan fingerprint density at radius 3 is 3.08 bits per heavy atom. The second kappa shape index (κ2) is 6.89. The number of ether oxygens (including phenoxy) is 1. The Hall–Kier alpha value is -2.32.